The molecule has 4 nitrogen and oxygen atoms in total. The highest BCUT2D eigenvalue weighted by Gasteiger charge is 2.06. The van der Waals surface area contributed by atoms with Gasteiger partial charge in [-0.05, 0) is 31.9 Å². The number of esters is 1. The lowest BCUT2D eigenvalue weighted by atomic mass is 10.2. The van der Waals surface area contributed by atoms with Crippen LogP contribution in [-0.4, -0.2) is 23.7 Å². The molecule has 1 aromatic heterocycles. The highest BCUT2D eigenvalue weighted by atomic mass is 32.1. The molecule has 0 radical (unpaired) electrons. The Balaban J connectivity index is 2.35. The number of rotatable bonds is 7. The number of aliphatic carboxylic acids is 1. The van der Waals surface area contributed by atoms with Gasteiger partial charge in [-0.1, -0.05) is 0 Å². The third kappa shape index (κ3) is 5.49. The Hall–Kier alpha value is -1.36. The van der Waals surface area contributed by atoms with Crippen LogP contribution < -0.4 is 0 Å². The van der Waals surface area contributed by atoms with Gasteiger partial charge in [0.1, 0.15) is 0 Å². The first-order valence-corrected chi connectivity index (χ1v) is 6.38. The van der Waals surface area contributed by atoms with Gasteiger partial charge in [-0.15, -0.1) is 11.3 Å². The Labute approximate surface area is 104 Å². The van der Waals surface area contributed by atoms with E-state index in [9.17, 15) is 9.59 Å². The number of carboxylic acid groups (broad SMARTS) is 1. The Morgan fingerprint density at radius 3 is 2.35 bits per heavy atom. The van der Waals surface area contributed by atoms with E-state index in [1.54, 1.807) is 18.3 Å². The SMILES string of the molecule is CCOC(=O)CCc1ccc(CCC(=O)O)s1. The number of hydrogen-bond donors (Lipinski definition) is 1. The van der Waals surface area contributed by atoms with E-state index in [1.165, 1.54) is 0 Å². The van der Waals surface area contributed by atoms with Crippen LogP contribution in [0.25, 0.3) is 0 Å². The van der Waals surface area contributed by atoms with E-state index in [0.29, 0.717) is 25.9 Å². The summed E-state index contributed by atoms with van der Waals surface area (Å²) in [5.41, 5.74) is 0. The Bertz CT molecular complexity index is 384. The van der Waals surface area contributed by atoms with Crippen LogP contribution in [0.1, 0.15) is 29.5 Å². The van der Waals surface area contributed by atoms with Gasteiger partial charge in [-0.25, -0.2) is 0 Å². The highest BCUT2D eigenvalue weighted by molar-refractivity contribution is 7.12. The van der Waals surface area contributed by atoms with Gasteiger partial charge in [0, 0.05) is 9.75 Å². The van der Waals surface area contributed by atoms with E-state index in [2.05, 4.69) is 0 Å². The highest BCUT2D eigenvalue weighted by Crippen LogP contribution is 2.19. The van der Waals surface area contributed by atoms with E-state index in [1.807, 2.05) is 12.1 Å². The monoisotopic (exact) mass is 256 g/mol. The van der Waals surface area contributed by atoms with Crippen LogP contribution in [0.2, 0.25) is 0 Å². The third-order valence-electron chi connectivity index (χ3n) is 2.18. The van der Waals surface area contributed by atoms with Crippen LogP contribution >= 0.6 is 11.3 Å². The maximum Gasteiger partial charge on any atom is 0.306 e. The van der Waals surface area contributed by atoms with Crippen LogP contribution in [0.3, 0.4) is 0 Å². The zero-order valence-electron chi connectivity index (χ0n) is 9.77. The normalized spacial score (nSPS) is 10.2. The number of aryl methyl sites for hydroxylation is 2. The van der Waals surface area contributed by atoms with Gasteiger partial charge in [0.2, 0.25) is 0 Å². The lowest BCUT2D eigenvalue weighted by Gasteiger charge is -1.99. The van der Waals surface area contributed by atoms with Crippen LogP contribution in [0.4, 0.5) is 0 Å². The van der Waals surface area contributed by atoms with Crippen molar-refractivity contribution in [3.63, 3.8) is 0 Å². The van der Waals surface area contributed by atoms with Gasteiger partial charge >= 0.3 is 11.9 Å². The zero-order valence-corrected chi connectivity index (χ0v) is 10.6. The number of ether oxygens (including phenoxy) is 1. The maximum atomic E-state index is 11.1. The molecule has 1 rings (SSSR count). The standard InChI is InChI=1S/C12H16O4S/c1-2-16-12(15)8-6-10-4-3-9(17-10)5-7-11(13)14/h3-4H,2,5-8H2,1H3,(H,13,14). The summed E-state index contributed by atoms with van der Waals surface area (Å²) in [6, 6.07) is 3.87. The number of carbonyl (C=O) groups excluding carboxylic acids is 1. The first kappa shape index (κ1) is 13.7. The largest absolute Gasteiger partial charge is 0.481 e. The first-order chi connectivity index (χ1) is 8.11. The summed E-state index contributed by atoms with van der Waals surface area (Å²) in [5.74, 6) is -0.973. The van der Waals surface area contributed by atoms with Gasteiger partial charge in [-0.2, -0.15) is 0 Å². The van der Waals surface area contributed by atoms with Crippen molar-refractivity contribution >= 4 is 23.3 Å². The van der Waals surface area contributed by atoms with Crippen LogP contribution in [0.15, 0.2) is 12.1 Å². The molecule has 0 saturated carbocycles. The minimum atomic E-state index is -0.786. The topological polar surface area (TPSA) is 63.6 Å². The van der Waals surface area contributed by atoms with Crippen molar-refractivity contribution < 1.29 is 19.4 Å². The molecular formula is C12H16O4S. The summed E-state index contributed by atoms with van der Waals surface area (Å²) in [4.78, 5) is 23.7. The molecule has 0 unspecified atom stereocenters. The van der Waals surface area contributed by atoms with Crippen LogP contribution in [0.5, 0.6) is 0 Å². The summed E-state index contributed by atoms with van der Waals surface area (Å²) in [5, 5.41) is 8.56. The molecule has 0 spiro atoms. The van der Waals surface area contributed by atoms with E-state index in [0.717, 1.165) is 9.75 Å². The van der Waals surface area contributed by atoms with E-state index in [4.69, 9.17) is 9.84 Å². The van der Waals surface area contributed by atoms with Gasteiger partial charge in [0.05, 0.1) is 19.4 Å². The molecule has 5 heteroatoms. The fourth-order valence-corrected chi connectivity index (χ4v) is 2.40. The van der Waals surface area contributed by atoms with Crippen molar-refractivity contribution in [2.75, 3.05) is 6.61 Å². The minimum Gasteiger partial charge on any atom is -0.481 e. The fourth-order valence-electron chi connectivity index (χ4n) is 1.38. The zero-order chi connectivity index (χ0) is 12.7. The molecular weight excluding hydrogens is 240 g/mol. The smallest absolute Gasteiger partial charge is 0.306 e. The summed E-state index contributed by atoms with van der Waals surface area (Å²) in [7, 11) is 0. The van der Waals surface area contributed by atoms with Crippen molar-refractivity contribution in [1.82, 2.24) is 0 Å². The van der Waals surface area contributed by atoms with Crippen molar-refractivity contribution in [3.8, 4) is 0 Å². The maximum absolute atomic E-state index is 11.1. The quantitative estimate of drug-likeness (QED) is 0.760. The summed E-state index contributed by atoms with van der Waals surface area (Å²) in [6.45, 7) is 2.19. The lowest BCUT2D eigenvalue weighted by Crippen LogP contribution is -2.04. The molecule has 1 aromatic rings. The predicted octanol–water partition coefficient (Wildman–Crippen LogP) is 2.26. The summed E-state index contributed by atoms with van der Waals surface area (Å²) in [6.07, 6.45) is 1.75. The second-order valence-corrected chi connectivity index (χ2v) is 4.82. The van der Waals surface area contributed by atoms with Gasteiger partial charge in [0.15, 0.2) is 0 Å². The molecule has 0 atom stereocenters. The summed E-state index contributed by atoms with van der Waals surface area (Å²) >= 11 is 1.56. The summed E-state index contributed by atoms with van der Waals surface area (Å²) < 4.78 is 4.84. The Morgan fingerprint density at radius 2 is 1.82 bits per heavy atom. The lowest BCUT2D eigenvalue weighted by molar-refractivity contribution is -0.143. The molecule has 94 valence electrons. The van der Waals surface area contributed by atoms with Crippen molar-refractivity contribution in [2.24, 2.45) is 0 Å². The molecule has 1 heterocycles. The molecule has 0 bridgehead atoms. The number of carbonyl (C=O) groups is 2. The fraction of sp³-hybridized carbons (Fsp3) is 0.500. The predicted molar refractivity (Wildman–Crippen MR) is 65.2 cm³/mol. The van der Waals surface area contributed by atoms with E-state index < -0.39 is 5.97 Å². The number of hydrogen-bond acceptors (Lipinski definition) is 4. The average Bonchev–Trinajstić information content (AvgIpc) is 2.72. The number of thiophene rings is 1. The van der Waals surface area contributed by atoms with Crippen molar-refractivity contribution in [3.05, 3.63) is 21.9 Å². The van der Waals surface area contributed by atoms with Crippen molar-refractivity contribution in [1.29, 1.82) is 0 Å². The molecule has 0 aliphatic heterocycles. The molecule has 0 aliphatic rings. The molecule has 0 fully saturated rings. The molecule has 0 amide bonds. The van der Waals surface area contributed by atoms with E-state index >= 15 is 0 Å². The first-order valence-electron chi connectivity index (χ1n) is 5.56. The molecule has 0 aromatic carbocycles. The second-order valence-electron chi connectivity index (χ2n) is 3.57. The third-order valence-corrected chi connectivity index (χ3v) is 3.39. The van der Waals surface area contributed by atoms with Crippen LogP contribution in [0, 0.1) is 0 Å². The average molecular weight is 256 g/mol. The van der Waals surface area contributed by atoms with Gasteiger partial charge in [-0.3, -0.25) is 9.59 Å². The van der Waals surface area contributed by atoms with Crippen molar-refractivity contribution in [2.45, 2.75) is 32.6 Å². The minimum absolute atomic E-state index is 0.151. The molecule has 0 aliphatic carbocycles. The molecule has 0 saturated heterocycles. The van der Waals surface area contributed by atoms with E-state index in [-0.39, 0.29) is 12.4 Å². The molecule has 1 N–H and O–H groups in total. The van der Waals surface area contributed by atoms with Gasteiger partial charge in [0.25, 0.3) is 0 Å². The Kier molecular flexibility index (Phi) is 5.69. The Morgan fingerprint density at radius 1 is 1.24 bits per heavy atom. The number of carboxylic acids is 1. The van der Waals surface area contributed by atoms with Gasteiger partial charge < -0.3 is 9.84 Å². The van der Waals surface area contributed by atoms with Crippen LogP contribution in [-0.2, 0) is 27.2 Å². The molecule has 17 heavy (non-hydrogen) atoms. The second kappa shape index (κ2) is 7.06.